The van der Waals surface area contributed by atoms with Crippen LogP contribution in [0.4, 0.5) is 5.69 Å². The van der Waals surface area contributed by atoms with Crippen molar-refractivity contribution in [3.05, 3.63) is 66.7 Å². The fourth-order valence-corrected chi connectivity index (χ4v) is 2.73. The lowest BCUT2D eigenvalue weighted by atomic mass is 9.93. The molecular weight excluding hydrogens is 258 g/mol. The molecule has 2 aromatic rings. The van der Waals surface area contributed by atoms with E-state index in [-0.39, 0.29) is 11.8 Å². The summed E-state index contributed by atoms with van der Waals surface area (Å²) in [6.07, 6.45) is 7.05. The van der Waals surface area contributed by atoms with Crippen molar-refractivity contribution in [2.75, 3.05) is 5.32 Å². The molecule has 0 spiro atoms. The molecule has 0 heterocycles. The number of amides is 1. The minimum absolute atomic E-state index is 0.0961. The summed E-state index contributed by atoms with van der Waals surface area (Å²) in [6, 6.07) is 18.1. The topological polar surface area (TPSA) is 29.1 Å². The molecule has 2 nitrogen and oxygen atoms in total. The smallest absolute Gasteiger partial charge is 0.227 e. The Labute approximate surface area is 125 Å². The number of carbonyl (C=O) groups excluding carboxylic acids is 1. The molecule has 0 saturated carbocycles. The molecule has 2 heteroatoms. The Morgan fingerprint density at radius 2 is 1.71 bits per heavy atom. The molecule has 3 rings (SSSR count). The highest BCUT2D eigenvalue weighted by Gasteiger charge is 2.19. The Hall–Kier alpha value is -2.35. The first-order valence-electron chi connectivity index (χ1n) is 7.45. The molecule has 1 N–H and O–H groups in total. The molecule has 0 aromatic heterocycles. The summed E-state index contributed by atoms with van der Waals surface area (Å²) in [4.78, 5) is 12.4. The average Bonchev–Trinajstić information content (AvgIpc) is 2.57. The molecule has 21 heavy (non-hydrogen) atoms. The molecule has 1 aliphatic rings. The number of nitrogens with one attached hydrogen (secondary N) is 1. The first kappa shape index (κ1) is 13.6. The number of para-hydroxylation sites is 1. The van der Waals surface area contributed by atoms with Crippen molar-refractivity contribution in [3.63, 3.8) is 0 Å². The molecule has 0 fully saturated rings. The van der Waals surface area contributed by atoms with Gasteiger partial charge in [0.1, 0.15) is 0 Å². The van der Waals surface area contributed by atoms with Gasteiger partial charge in [-0.1, -0.05) is 60.7 Å². The molecule has 0 radical (unpaired) electrons. The van der Waals surface area contributed by atoms with Crippen LogP contribution in [-0.4, -0.2) is 5.91 Å². The summed E-state index contributed by atoms with van der Waals surface area (Å²) < 4.78 is 0. The van der Waals surface area contributed by atoms with E-state index in [1.165, 1.54) is 0 Å². The van der Waals surface area contributed by atoms with Crippen LogP contribution in [0, 0.1) is 5.92 Å². The Balaban J connectivity index is 1.83. The van der Waals surface area contributed by atoms with Crippen LogP contribution in [0.2, 0.25) is 0 Å². The SMILES string of the molecule is O=C(Nc1ccccc1-c1ccccc1)[C@@H]1CC=CCC1. The van der Waals surface area contributed by atoms with Gasteiger partial charge in [-0.15, -0.1) is 0 Å². The van der Waals surface area contributed by atoms with Gasteiger partial charge in [0, 0.05) is 17.2 Å². The van der Waals surface area contributed by atoms with Gasteiger partial charge in [0.2, 0.25) is 5.91 Å². The van der Waals surface area contributed by atoms with Crippen molar-refractivity contribution in [1.29, 1.82) is 0 Å². The quantitative estimate of drug-likeness (QED) is 0.813. The second-order valence-electron chi connectivity index (χ2n) is 5.38. The molecule has 1 amide bonds. The number of carbonyl (C=O) groups is 1. The Morgan fingerprint density at radius 3 is 2.48 bits per heavy atom. The van der Waals surface area contributed by atoms with Crippen molar-refractivity contribution in [2.45, 2.75) is 19.3 Å². The highest BCUT2D eigenvalue weighted by Crippen LogP contribution is 2.29. The fraction of sp³-hybridized carbons (Fsp3) is 0.211. The van der Waals surface area contributed by atoms with E-state index in [2.05, 4.69) is 29.6 Å². The Kier molecular flexibility index (Phi) is 4.15. The average molecular weight is 277 g/mol. The zero-order valence-electron chi connectivity index (χ0n) is 12.0. The zero-order chi connectivity index (χ0) is 14.5. The summed E-state index contributed by atoms with van der Waals surface area (Å²) in [5.74, 6) is 0.224. The third-order valence-electron chi connectivity index (χ3n) is 3.91. The zero-order valence-corrected chi connectivity index (χ0v) is 12.0. The van der Waals surface area contributed by atoms with Crippen molar-refractivity contribution in [2.24, 2.45) is 5.92 Å². The monoisotopic (exact) mass is 277 g/mol. The second kappa shape index (κ2) is 6.40. The molecule has 1 atom stereocenters. The van der Waals surface area contributed by atoms with Gasteiger partial charge >= 0.3 is 0 Å². The maximum absolute atomic E-state index is 12.4. The van der Waals surface area contributed by atoms with Gasteiger partial charge in [-0.25, -0.2) is 0 Å². The molecule has 106 valence electrons. The molecule has 0 aliphatic heterocycles. The van der Waals surface area contributed by atoms with Crippen LogP contribution < -0.4 is 5.32 Å². The van der Waals surface area contributed by atoms with E-state index in [1.807, 2.05) is 42.5 Å². The number of hydrogen-bond donors (Lipinski definition) is 1. The maximum atomic E-state index is 12.4. The normalized spacial score (nSPS) is 17.4. The summed E-state index contributed by atoms with van der Waals surface area (Å²) in [5.41, 5.74) is 3.08. The van der Waals surface area contributed by atoms with Gasteiger partial charge < -0.3 is 5.32 Å². The van der Waals surface area contributed by atoms with E-state index in [0.717, 1.165) is 36.1 Å². The van der Waals surface area contributed by atoms with E-state index >= 15 is 0 Å². The van der Waals surface area contributed by atoms with E-state index in [0.29, 0.717) is 0 Å². The molecular formula is C19H19NO. The molecule has 0 unspecified atom stereocenters. The number of allylic oxidation sites excluding steroid dienone is 2. The third kappa shape index (κ3) is 3.22. The van der Waals surface area contributed by atoms with Gasteiger partial charge in [0.25, 0.3) is 0 Å². The molecule has 1 aliphatic carbocycles. The Morgan fingerprint density at radius 1 is 0.952 bits per heavy atom. The minimum atomic E-state index is 0.0961. The Bertz CT molecular complexity index is 646. The van der Waals surface area contributed by atoms with Crippen LogP contribution >= 0.6 is 0 Å². The maximum Gasteiger partial charge on any atom is 0.227 e. The van der Waals surface area contributed by atoms with Crippen LogP contribution in [0.15, 0.2) is 66.7 Å². The highest BCUT2D eigenvalue weighted by atomic mass is 16.1. The van der Waals surface area contributed by atoms with Crippen LogP contribution in [-0.2, 0) is 4.79 Å². The van der Waals surface area contributed by atoms with Gasteiger partial charge in [-0.2, -0.15) is 0 Å². The summed E-state index contributed by atoms with van der Waals surface area (Å²) in [5, 5.41) is 3.11. The standard InChI is InChI=1S/C19H19NO/c21-19(16-11-5-2-6-12-16)20-18-14-8-7-13-17(18)15-9-3-1-4-10-15/h1-5,7-10,13-14,16H,6,11-12H2,(H,20,21)/t16-/m1/s1. The van der Waals surface area contributed by atoms with Gasteiger partial charge in [0.15, 0.2) is 0 Å². The molecule has 2 aromatic carbocycles. The first-order valence-corrected chi connectivity index (χ1v) is 7.45. The summed E-state index contributed by atoms with van der Waals surface area (Å²) >= 11 is 0. The fourth-order valence-electron chi connectivity index (χ4n) is 2.73. The van der Waals surface area contributed by atoms with Crippen molar-refractivity contribution in [1.82, 2.24) is 0 Å². The second-order valence-corrected chi connectivity index (χ2v) is 5.38. The van der Waals surface area contributed by atoms with Crippen LogP contribution in [0.1, 0.15) is 19.3 Å². The van der Waals surface area contributed by atoms with Gasteiger partial charge in [-0.3, -0.25) is 4.79 Å². The summed E-state index contributed by atoms with van der Waals surface area (Å²) in [7, 11) is 0. The van der Waals surface area contributed by atoms with E-state index in [9.17, 15) is 4.79 Å². The minimum Gasteiger partial charge on any atom is -0.325 e. The number of benzene rings is 2. The van der Waals surface area contributed by atoms with Gasteiger partial charge in [-0.05, 0) is 30.9 Å². The molecule has 0 saturated heterocycles. The number of hydrogen-bond acceptors (Lipinski definition) is 1. The van der Waals surface area contributed by atoms with Gasteiger partial charge in [0.05, 0.1) is 0 Å². The van der Waals surface area contributed by atoms with Crippen molar-refractivity contribution < 1.29 is 4.79 Å². The predicted molar refractivity (Wildman–Crippen MR) is 87.0 cm³/mol. The molecule has 0 bridgehead atoms. The largest absolute Gasteiger partial charge is 0.325 e. The van der Waals surface area contributed by atoms with Crippen LogP contribution in [0.3, 0.4) is 0 Å². The van der Waals surface area contributed by atoms with E-state index in [1.54, 1.807) is 0 Å². The third-order valence-corrected chi connectivity index (χ3v) is 3.91. The van der Waals surface area contributed by atoms with Crippen molar-refractivity contribution in [3.8, 4) is 11.1 Å². The first-order chi connectivity index (χ1) is 10.3. The lowest BCUT2D eigenvalue weighted by Crippen LogP contribution is -2.23. The number of anilines is 1. The lowest BCUT2D eigenvalue weighted by molar-refractivity contribution is -0.120. The van der Waals surface area contributed by atoms with Crippen LogP contribution in [0.5, 0.6) is 0 Å². The van der Waals surface area contributed by atoms with E-state index < -0.39 is 0 Å². The van der Waals surface area contributed by atoms with E-state index in [4.69, 9.17) is 0 Å². The van der Waals surface area contributed by atoms with Crippen LogP contribution in [0.25, 0.3) is 11.1 Å². The highest BCUT2D eigenvalue weighted by molar-refractivity contribution is 5.96. The lowest BCUT2D eigenvalue weighted by Gasteiger charge is -2.18. The summed E-state index contributed by atoms with van der Waals surface area (Å²) in [6.45, 7) is 0. The van der Waals surface area contributed by atoms with Crippen molar-refractivity contribution >= 4 is 11.6 Å². The predicted octanol–water partition coefficient (Wildman–Crippen LogP) is 4.65. The number of rotatable bonds is 3.